The summed E-state index contributed by atoms with van der Waals surface area (Å²) in [5, 5.41) is 12.5. The molecule has 0 spiro atoms. The number of hydrogen-bond acceptors (Lipinski definition) is 3. The Morgan fingerprint density at radius 1 is 1.29 bits per heavy atom. The van der Waals surface area contributed by atoms with Crippen molar-refractivity contribution in [1.82, 2.24) is 4.98 Å². The summed E-state index contributed by atoms with van der Waals surface area (Å²) in [5.41, 5.74) is 0.922. The molecule has 4 nitrogen and oxygen atoms in total. The van der Waals surface area contributed by atoms with E-state index in [0.717, 1.165) is 24.6 Å². The second-order valence-electron chi connectivity index (χ2n) is 7.00. The van der Waals surface area contributed by atoms with Crippen LogP contribution in [0.5, 0.6) is 0 Å². The van der Waals surface area contributed by atoms with Gasteiger partial charge in [0.05, 0.1) is 5.56 Å². The summed E-state index contributed by atoms with van der Waals surface area (Å²) in [5.74, 6) is 0.473. The first kappa shape index (κ1) is 17.5. The van der Waals surface area contributed by atoms with Crippen LogP contribution >= 0.6 is 0 Å². The van der Waals surface area contributed by atoms with Gasteiger partial charge in [-0.1, -0.05) is 47.5 Å². The van der Waals surface area contributed by atoms with Gasteiger partial charge in [-0.05, 0) is 24.5 Å². The molecular formula is C17H28N2O2. The Hall–Kier alpha value is -1.58. The molecule has 0 aromatic carbocycles. The van der Waals surface area contributed by atoms with Crippen molar-refractivity contribution in [2.45, 2.75) is 59.3 Å². The number of nitrogens with zero attached hydrogens (tertiary/aromatic N) is 1. The fourth-order valence-electron chi connectivity index (χ4n) is 2.02. The lowest BCUT2D eigenvalue weighted by Gasteiger charge is -2.19. The molecule has 0 aliphatic rings. The Morgan fingerprint density at radius 3 is 2.48 bits per heavy atom. The fraction of sp³-hybridized carbons (Fsp3) is 0.647. The second-order valence-corrected chi connectivity index (χ2v) is 7.00. The highest BCUT2D eigenvalue weighted by Crippen LogP contribution is 2.23. The fourth-order valence-corrected chi connectivity index (χ4v) is 2.02. The number of anilines is 1. The normalized spacial score (nSPS) is 11.7. The van der Waals surface area contributed by atoms with Crippen molar-refractivity contribution >= 4 is 11.8 Å². The van der Waals surface area contributed by atoms with E-state index in [9.17, 15) is 9.90 Å². The zero-order chi connectivity index (χ0) is 16.0. The molecule has 1 heterocycles. The molecule has 1 rings (SSSR count). The van der Waals surface area contributed by atoms with E-state index in [2.05, 4.69) is 24.1 Å². The molecule has 0 atom stereocenters. The first-order chi connectivity index (χ1) is 9.70. The predicted octanol–water partition coefficient (Wildman–Crippen LogP) is 4.32. The minimum Gasteiger partial charge on any atom is -0.478 e. The van der Waals surface area contributed by atoms with Crippen LogP contribution in [0, 0.1) is 5.92 Å². The third kappa shape index (κ3) is 6.15. The van der Waals surface area contributed by atoms with Crippen LogP contribution in [0.3, 0.4) is 0 Å². The average molecular weight is 292 g/mol. The molecule has 0 bridgehead atoms. The maximum Gasteiger partial charge on any atom is 0.335 e. The molecule has 0 fully saturated rings. The molecule has 0 aliphatic heterocycles. The van der Waals surface area contributed by atoms with Crippen molar-refractivity contribution < 1.29 is 9.90 Å². The number of pyridine rings is 1. The van der Waals surface area contributed by atoms with E-state index in [1.54, 1.807) is 12.1 Å². The molecular weight excluding hydrogens is 264 g/mol. The highest BCUT2D eigenvalue weighted by Gasteiger charge is 2.19. The third-order valence-electron chi connectivity index (χ3n) is 3.36. The minimum absolute atomic E-state index is 0.167. The van der Waals surface area contributed by atoms with E-state index in [-0.39, 0.29) is 5.41 Å². The van der Waals surface area contributed by atoms with E-state index < -0.39 is 5.97 Å². The summed E-state index contributed by atoms with van der Waals surface area (Å²) in [4.78, 5) is 15.8. The van der Waals surface area contributed by atoms with Crippen molar-refractivity contribution in [3.05, 3.63) is 23.4 Å². The second kappa shape index (κ2) is 7.43. The molecule has 21 heavy (non-hydrogen) atoms. The van der Waals surface area contributed by atoms with Gasteiger partial charge in [0.15, 0.2) is 0 Å². The summed E-state index contributed by atoms with van der Waals surface area (Å²) in [6.07, 6.45) is 3.47. The lowest BCUT2D eigenvalue weighted by Crippen LogP contribution is -2.17. The van der Waals surface area contributed by atoms with Gasteiger partial charge in [0.25, 0.3) is 0 Å². The maximum absolute atomic E-state index is 11.2. The molecule has 1 aromatic rings. The van der Waals surface area contributed by atoms with Crippen molar-refractivity contribution in [3.63, 3.8) is 0 Å². The van der Waals surface area contributed by atoms with Gasteiger partial charge >= 0.3 is 5.97 Å². The molecule has 1 aromatic heterocycles. The zero-order valence-electron chi connectivity index (χ0n) is 13.9. The molecule has 4 heteroatoms. The van der Waals surface area contributed by atoms with Gasteiger partial charge in [0.2, 0.25) is 0 Å². The molecule has 2 N–H and O–H groups in total. The maximum atomic E-state index is 11.2. The van der Waals surface area contributed by atoms with E-state index in [1.165, 1.54) is 12.8 Å². The number of carboxylic acid groups (broad SMARTS) is 1. The van der Waals surface area contributed by atoms with Crippen LogP contribution < -0.4 is 5.32 Å². The van der Waals surface area contributed by atoms with Gasteiger partial charge in [-0.15, -0.1) is 0 Å². The predicted molar refractivity (Wildman–Crippen MR) is 87.1 cm³/mol. The Bertz CT molecular complexity index is 476. The number of aromatic nitrogens is 1. The highest BCUT2D eigenvalue weighted by atomic mass is 16.4. The largest absolute Gasteiger partial charge is 0.478 e. The zero-order valence-corrected chi connectivity index (χ0v) is 13.9. The molecule has 0 radical (unpaired) electrons. The van der Waals surface area contributed by atoms with Crippen molar-refractivity contribution in [3.8, 4) is 0 Å². The average Bonchev–Trinajstić information content (AvgIpc) is 2.36. The first-order valence-corrected chi connectivity index (χ1v) is 7.70. The Morgan fingerprint density at radius 2 is 1.95 bits per heavy atom. The number of nitrogens with one attached hydrogen (secondary N) is 1. The molecule has 0 amide bonds. The van der Waals surface area contributed by atoms with Crippen molar-refractivity contribution in [2.24, 2.45) is 5.92 Å². The topological polar surface area (TPSA) is 62.2 Å². The van der Waals surface area contributed by atoms with Crippen LogP contribution in [0.4, 0.5) is 5.82 Å². The number of carboxylic acids is 1. The Balaban J connectivity index is 2.73. The SMILES string of the molecule is CC(C)CCCCNc1cc(C(=O)O)cc(C(C)(C)C)n1. The Labute approximate surface area is 128 Å². The van der Waals surface area contributed by atoms with Crippen LogP contribution in [0.1, 0.15) is 69.9 Å². The quantitative estimate of drug-likeness (QED) is 0.735. The Kier molecular flexibility index (Phi) is 6.19. The summed E-state index contributed by atoms with van der Waals surface area (Å²) in [6, 6.07) is 3.27. The standard InChI is InChI=1S/C17H28N2O2/c1-12(2)8-6-7-9-18-15-11-13(16(20)21)10-14(19-15)17(3,4)5/h10-12H,6-9H2,1-5H3,(H,18,19)(H,20,21). The number of aromatic carboxylic acids is 1. The van der Waals surface area contributed by atoms with E-state index in [4.69, 9.17) is 0 Å². The van der Waals surface area contributed by atoms with Gasteiger partial charge in [-0.25, -0.2) is 9.78 Å². The number of rotatable bonds is 7. The number of carbonyl (C=O) groups is 1. The highest BCUT2D eigenvalue weighted by molar-refractivity contribution is 5.88. The summed E-state index contributed by atoms with van der Waals surface area (Å²) >= 11 is 0. The van der Waals surface area contributed by atoms with Gasteiger partial charge in [-0.3, -0.25) is 0 Å². The lowest BCUT2D eigenvalue weighted by atomic mass is 9.91. The van der Waals surface area contributed by atoms with Crippen LogP contribution in [0.2, 0.25) is 0 Å². The smallest absolute Gasteiger partial charge is 0.335 e. The van der Waals surface area contributed by atoms with E-state index >= 15 is 0 Å². The van der Waals surface area contributed by atoms with Crippen molar-refractivity contribution in [2.75, 3.05) is 11.9 Å². The monoisotopic (exact) mass is 292 g/mol. The van der Waals surface area contributed by atoms with Crippen LogP contribution in [0.15, 0.2) is 12.1 Å². The molecule has 118 valence electrons. The number of unbranched alkanes of at least 4 members (excludes halogenated alkanes) is 1. The summed E-state index contributed by atoms with van der Waals surface area (Å²) < 4.78 is 0. The third-order valence-corrected chi connectivity index (χ3v) is 3.36. The van der Waals surface area contributed by atoms with E-state index in [1.807, 2.05) is 20.8 Å². The molecule has 0 saturated carbocycles. The van der Waals surface area contributed by atoms with Gasteiger partial charge in [0.1, 0.15) is 5.82 Å². The lowest BCUT2D eigenvalue weighted by molar-refractivity contribution is 0.0696. The minimum atomic E-state index is -0.911. The van der Waals surface area contributed by atoms with Gasteiger partial charge in [0, 0.05) is 17.7 Å². The number of hydrogen-bond donors (Lipinski definition) is 2. The van der Waals surface area contributed by atoms with Crippen LogP contribution in [0.25, 0.3) is 0 Å². The van der Waals surface area contributed by atoms with Crippen LogP contribution in [-0.4, -0.2) is 22.6 Å². The molecule has 0 unspecified atom stereocenters. The van der Waals surface area contributed by atoms with Crippen molar-refractivity contribution in [1.29, 1.82) is 0 Å². The summed E-state index contributed by atoms with van der Waals surface area (Å²) in [6.45, 7) is 11.4. The summed E-state index contributed by atoms with van der Waals surface area (Å²) in [7, 11) is 0. The van der Waals surface area contributed by atoms with E-state index in [0.29, 0.717) is 11.4 Å². The van der Waals surface area contributed by atoms with Crippen LogP contribution in [-0.2, 0) is 5.41 Å². The molecule has 0 aliphatic carbocycles. The van der Waals surface area contributed by atoms with Gasteiger partial charge in [-0.2, -0.15) is 0 Å². The van der Waals surface area contributed by atoms with Gasteiger partial charge < -0.3 is 10.4 Å². The molecule has 0 saturated heterocycles. The first-order valence-electron chi connectivity index (χ1n) is 7.70.